The van der Waals surface area contributed by atoms with Gasteiger partial charge in [0.15, 0.2) is 29.1 Å². The van der Waals surface area contributed by atoms with Gasteiger partial charge in [-0.2, -0.15) is 9.97 Å². The third kappa shape index (κ3) is 6.24. The van der Waals surface area contributed by atoms with Crippen LogP contribution in [-0.2, 0) is 18.4 Å². The fourth-order valence-corrected chi connectivity index (χ4v) is 11.4. The molecule has 5 fully saturated rings. The largest absolute Gasteiger partial charge is 0.387 e. The molecule has 4 saturated carbocycles. The fourth-order valence-electron chi connectivity index (χ4n) is 8.69. The smallest absolute Gasteiger partial charge is 0.340 e. The Bertz CT molecular complexity index is 1540. The standard InChI is InChI=1S/C24H35ClN6O10P2/c1-22-3-12-4-23(2,7-22)9-24(5-12,8-22)30-21(34)28-17-14-18(29-20(25)27-17)31(10-26-14)19-16(33)15(32)13(41-19)6-40-43(38,39)11-42(35,36)37/h10,12-13,15-16,19,32-33H,3-9,11H2,1-2H3,(H,38,39)(H2,35,36,37)(H2,27,28,29,30,34)/t12?,13-,15?,16?,19-,22-,23+,24?/m1/s1. The molecule has 0 radical (unpaired) electrons. The zero-order chi connectivity index (χ0) is 31.2. The summed E-state index contributed by atoms with van der Waals surface area (Å²) in [5, 5.41) is 27.0. The molecule has 5 aliphatic rings. The molecule has 1 saturated heterocycles. The van der Waals surface area contributed by atoms with E-state index in [4.69, 9.17) is 30.6 Å². The Morgan fingerprint density at radius 1 is 1.12 bits per heavy atom. The Balaban J connectivity index is 1.18. The van der Waals surface area contributed by atoms with Gasteiger partial charge in [-0.1, -0.05) is 13.8 Å². The van der Waals surface area contributed by atoms with Crippen molar-refractivity contribution in [3.63, 3.8) is 0 Å². The molecule has 0 aromatic carbocycles. The molecule has 7 N–H and O–H groups in total. The van der Waals surface area contributed by atoms with Gasteiger partial charge in [0.1, 0.15) is 18.3 Å². The number of aliphatic hydroxyl groups excluding tert-OH is 2. The van der Waals surface area contributed by atoms with Crippen LogP contribution in [0.25, 0.3) is 11.2 Å². The summed E-state index contributed by atoms with van der Waals surface area (Å²) in [5.41, 5.74) is 0.262. The highest BCUT2D eigenvalue weighted by Crippen LogP contribution is 2.66. The van der Waals surface area contributed by atoms with Gasteiger partial charge in [0.2, 0.25) is 5.28 Å². The summed E-state index contributed by atoms with van der Waals surface area (Å²) in [4.78, 5) is 53.6. The molecular weight excluding hydrogens is 630 g/mol. The molecule has 4 bridgehead atoms. The molecule has 3 heterocycles. The number of imidazole rings is 1. The maximum absolute atomic E-state index is 13.3. The number of nitrogens with one attached hydrogen (secondary N) is 2. The first-order valence-electron chi connectivity index (χ1n) is 13.9. The van der Waals surface area contributed by atoms with E-state index in [2.05, 4.69) is 39.4 Å². The first-order valence-corrected chi connectivity index (χ1v) is 17.8. The van der Waals surface area contributed by atoms with Crippen molar-refractivity contribution >= 4 is 49.8 Å². The highest BCUT2D eigenvalue weighted by Gasteiger charge is 2.60. The van der Waals surface area contributed by atoms with Crippen molar-refractivity contribution in [3.05, 3.63) is 11.6 Å². The van der Waals surface area contributed by atoms with Crippen LogP contribution in [0.4, 0.5) is 10.6 Å². The maximum Gasteiger partial charge on any atom is 0.340 e. The molecule has 9 atom stereocenters. The predicted molar refractivity (Wildman–Crippen MR) is 151 cm³/mol. The summed E-state index contributed by atoms with van der Waals surface area (Å²) < 4.78 is 34.8. The number of hydrogen-bond donors (Lipinski definition) is 7. The number of carbonyl (C=O) groups excluding carboxylic acids is 1. The van der Waals surface area contributed by atoms with Crippen molar-refractivity contribution in [2.24, 2.45) is 16.7 Å². The molecule has 7 rings (SSSR count). The molecule has 1 aliphatic heterocycles. The minimum atomic E-state index is -4.86. The molecule has 2 aromatic rings. The maximum atomic E-state index is 13.3. The van der Waals surface area contributed by atoms with E-state index in [0.717, 1.165) is 25.7 Å². The quantitative estimate of drug-likeness (QED) is 0.159. The molecule has 2 amide bonds. The van der Waals surface area contributed by atoms with E-state index in [9.17, 15) is 29.0 Å². The van der Waals surface area contributed by atoms with Crippen molar-refractivity contribution in [2.75, 3.05) is 17.8 Å². The lowest BCUT2D eigenvalue weighted by molar-refractivity contribution is -0.113. The third-order valence-corrected chi connectivity index (χ3v) is 12.7. The molecule has 43 heavy (non-hydrogen) atoms. The van der Waals surface area contributed by atoms with Crippen molar-refractivity contribution in [2.45, 2.75) is 82.5 Å². The van der Waals surface area contributed by atoms with Crippen LogP contribution < -0.4 is 10.6 Å². The van der Waals surface area contributed by atoms with Crippen LogP contribution in [0.5, 0.6) is 0 Å². The van der Waals surface area contributed by atoms with Crippen LogP contribution in [0, 0.1) is 16.7 Å². The number of anilines is 1. The number of carbonyl (C=O) groups is 1. The van der Waals surface area contributed by atoms with Crippen molar-refractivity contribution < 1.29 is 48.1 Å². The van der Waals surface area contributed by atoms with Crippen molar-refractivity contribution in [1.82, 2.24) is 24.8 Å². The zero-order valence-corrected chi connectivity index (χ0v) is 26.0. The number of ether oxygens (including phenoxy) is 1. The third-order valence-electron chi connectivity index (χ3n) is 9.05. The lowest BCUT2D eigenvalue weighted by atomic mass is 9.43. The SMILES string of the molecule is C[C@]12CC3CC(NC(=O)Nc4nc(Cl)nc5c4ncn5[C@@H]4O[C@H](COP(=O)(O)CP(=O)(O)O)C(O)C4O)(C1)C[C@@](C)(C3)C2. The average molecular weight is 665 g/mol. The van der Waals surface area contributed by atoms with E-state index >= 15 is 0 Å². The van der Waals surface area contributed by atoms with Gasteiger partial charge in [-0.15, -0.1) is 0 Å². The Morgan fingerprint density at radius 3 is 2.42 bits per heavy atom. The van der Waals surface area contributed by atoms with Gasteiger partial charge in [0.05, 0.1) is 12.9 Å². The van der Waals surface area contributed by atoms with Gasteiger partial charge in [-0.05, 0) is 66.9 Å². The second kappa shape index (κ2) is 10.4. The summed E-state index contributed by atoms with van der Waals surface area (Å²) in [7, 11) is -9.59. The van der Waals surface area contributed by atoms with Gasteiger partial charge in [-0.25, -0.2) is 9.78 Å². The molecule has 4 aliphatic carbocycles. The zero-order valence-electron chi connectivity index (χ0n) is 23.5. The number of rotatable bonds is 8. The molecular formula is C24H35ClN6O10P2. The first-order chi connectivity index (χ1) is 19.9. The highest BCUT2D eigenvalue weighted by atomic mass is 35.5. The van der Waals surface area contributed by atoms with E-state index in [1.807, 2.05) is 0 Å². The normalized spacial score (nSPS) is 38.4. The van der Waals surface area contributed by atoms with E-state index in [-0.39, 0.29) is 38.6 Å². The molecule has 238 valence electrons. The minimum absolute atomic E-state index is 0.0278. The Morgan fingerprint density at radius 2 is 1.79 bits per heavy atom. The van der Waals surface area contributed by atoms with E-state index < -0.39 is 58.3 Å². The predicted octanol–water partition coefficient (Wildman–Crippen LogP) is 2.31. The lowest BCUT2D eigenvalue weighted by Crippen LogP contribution is -2.65. The molecule has 5 unspecified atom stereocenters. The second-order valence-corrected chi connectivity index (χ2v) is 17.8. The number of urea groups is 1. The van der Waals surface area contributed by atoms with Gasteiger partial charge in [-0.3, -0.25) is 19.0 Å². The number of halogens is 1. The van der Waals surface area contributed by atoms with E-state index in [1.165, 1.54) is 23.7 Å². The minimum Gasteiger partial charge on any atom is -0.387 e. The number of nitrogens with zero attached hydrogens (tertiary/aromatic N) is 4. The molecule has 16 nitrogen and oxygen atoms in total. The Hall–Kier alpha value is -1.71. The number of hydrogen-bond acceptors (Lipinski definition) is 10. The fraction of sp³-hybridized carbons (Fsp3) is 0.750. The van der Waals surface area contributed by atoms with Crippen LogP contribution in [-0.4, -0.2) is 86.8 Å². The Labute approximate surface area is 251 Å². The lowest BCUT2D eigenvalue weighted by Gasteiger charge is -2.65. The molecule has 0 spiro atoms. The van der Waals surface area contributed by atoms with Crippen LogP contribution in [0.15, 0.2) is 6.33 Å². The van der Waals surface area contributed by atoms with Crippen LogP contribution in [0.3, 0.4) is 0 Å². The monoisotopic (exact) mass is 664 g/mol. The van der Waals surface area contributed by atoms with Crippen LogP contribution in [0.2, 0.25) is 5.28 Å². The topological polar surface area (TPSA) is 238 Å². The van der Waals surface area contributed by atoms with Gasteiger partial charge in [0.25, 0.3) is 0 Å². The van der Waals surface area contributed by atoms with Gasteiger partial charge < -0.3 is 39.5 Å². The molecule has 2 aromatic heterocycles. The van der Waals surface area contributed by atoms with Crippen LogP contribution >= 0.6 is 26.8 Å². The van der Waals surface area contributed by atoms with Crippen LogP contribution in [0.1, 0.15) is 58.6 Å². The number of aliphatic hydroxyl groups is 2. The van der Waals surface area contributed by atoms with E-state index in [0.29, 0.717) is 5.92 Å². The van der Waals surface area contributed by atoms with Gasteiger partial charge in [0, 0.05) is 5.54 Å². The second-order valence-electron chi connectivity index (χ2n) is 13.4. The summed E-state index contributed by atoms with van der Waals surface area (Å²) in [6.07, 6.45) is 1.64. The van der Waals surface area contributed by atoms with Crippen molar-refractivity contribution in [3.8, 4) is 0 Å². The summed E-state index contributed by atoms with van der Waals surface area (Å²) in [6.45, 7) is 3.86. The average Bonchev–Trinajstić information content (AvgIpc) is 3.34. The molecule has 19 heteroatoms. The van der Waals surface area contributed by atoms with E-state index in [1.54, 1.807) is 0 Å². The van der Waals surface area contributed by atoms with Crippen molar-refractivity contribution in [1.29, 1.82) is 0 Å². The highest BCUT2D eigenvalue weighted by molar-refractivity contribution is 7.70. The summed E-state index contributed by atoms with van der Waals surface area (Å²) in [5.74, 6) is -0.819. The van der Waals surface area contributed by atoms with Gasteiger partial charge >= 0.3 is 21.2 Å². The number of aromatic nitrogens is 4. The summed E-state index contributed by atoms with van der Waals surface area (Å²) in [6, 6.07) is -0.451. The number of amides is 2. The summed E-state index contributed by atoms with van der Waals surface area (Å²) >= 11 is 6.20. The first kappa shape index (κ1) is 31.3. The Kier molecular flexibility index (Phi) is 7.57. The number of fused-ring (bicyclic) bond motifs is 1.